The molecular weight excluding hydrogens is 324 g/mol. The van der Waals surface area contributed by atoms with Gasteiger partial charge in [-0.1, -0.05) is 0 Å². The molecule has 2 aromatic heterocycles. The summed E-state index contributed by atoms with van der Waals surface area (Å²) in [5.74, 6) is -0.0774. The second-order valence-corrected chi connectivity index (χ2v) is 6.62. The largest absolute Gasteiger partial charge is 0.478 e. The zero-order chi connectivity index (χ0) is 18.4. The van der Waals surface area contributed by atoms with Gasteiger partial charge in [-0.15, -0.1) is 0 Å². The molecule has 8 heteroatoms. The van der Waals surface area contributed by atoms with Gasteiger partial charge in [0.25, 0.3) is 0 Å². The zero-order valence-corrected chi connectivity index (χ0v) is 14.3. The Bertz CT molecular complexity index is 1000. The van der Waals surface area contributed by atoms with Crippen LogP contribution in [-0.2, 0) is 4.74 Å². The molecule has 0 fully saturated rings. The quantitative estimate of drug-likeness (QED) is 0.740. The number of carboxylic acids is 1. The van der Waals surface area contributed by atoms with Crippen molar-refractivity contribution < 1.29 is 19.4 Å². The molecule has 0 radical (unpaired) electrons. The van der Waals surface area contributed by atoms with Crippen LogP contribution in [0, 0.1) is 6.92 Å². The third-order valence-electron chi connectivity index (χ3n) is 3.50. The van der Waals surface area contributed by atoms with E-state index in [9.17, 15) is 14.7 Å². The van der Waals surface area contributed by atoms with Crippen LogP contribution in [0.2, 0.25) is 0 Å². The van der Waals surface area contributed by atoms with E-state index in [0.29, 0.717) is 28.2 Å². The van der Waals surface area contributed by atoms with E-state index in [1.54, 1.807) is 44.4 Å². The highest BCUT2D eigenvalue weighted by atomic mass is 16.6. The number of rotatable bonds is 2. The van der Waals surface area contributed by atoms with Crippen molar-refractivity contribution in [2.24, 2.45) is 0 Å². The van der Waals surface area contributed by atoms with Gasteiger partial charge in [-0.3, -0.25) is 9.72 Å². The van der Waals surface area contributed by atoms with Gasteiger partial charge in [0.15, 0.2) is 5.82 Å². The second-order valence-electron chi connectivity index (χ2n) is 6.62. The maximum absolute atomic E-state index is 12.1. The molecule has 2 heterocycles. The summed E-state index contributed by atoms with van der Waals surface area (Å²) in [5.41, 5.74) is 1.20. The molecule has 8 nitrogen and oxygen atoms in total. The van der Waals surface area contributed by atoms with Crippen LogP contribution >= 0.6 is 0 Å². The van der Waals surface area contributed by atoms with Crippen molar-refractivity contribution in [3.63, 3.8) is 0 Å². The van der Waals surface area contributed by atoms with Crippen molar-refractivity contribution in [1.82, 2.24) is 14.4 Å². The zero-order valence-electron chi connectivity index (χ0n) is 14.3. The van der Waals surface area contributed by atoms with Gasteiger partial charge in [-0.2, -0.15) is 0 Å². The van der Waals surface area contributed by atoms with E-state index in [2.05, 4.69) is 15.3 Å². The molecule has 0 aliphatic rings. The third-order valence-corrected chi connectivity index (χ3v) is 3.50. The summed E-state index contributed by atoms with van der Waals surface area (Å²) in [6, 6.07) is 4.59. The van der Waals surface area contributed by atoms with E-state index < -0.39 is 17.7 Å². The first-order valence-electron chi connectivity index (χ1n) is 7.67. The Balaban J connectivity index is 2.15. The van der Waals surface area contributed by atoms with Crippen molar-refractivity contribution in [3.05, 3.63) is 35.8 Å². The summed E-state index contributed by atoms with van der Waals surface area (Å²) < 4.78 is 7.01. The number of anilines is 1. The number of hydrogen-bond donors (Lipinski definition) is 2. The second kappa shape index (κ2) is 5.73. The van der Waals surface area contributed by atoms with E-state index in [1.165, 1.54) is 12.1 Å². The molecule has 0 saturated carbocycles. The van der Waals surface area contributed by atoms with E-state index in [4.69, 9.17) is 4.74 Å². The first kappa shape index (κ1) is 16.7. The predicted octanol–water partition coefficient (Wildman–Crippen LogP) is 3.24. The van der Waals surface area contributed by atoms with Gasteiger partial charge < -0.3 is 9.84 Å². The van der Waals surface area contributed by atoms with Gasteiger partial charge in [0, 0.05) is 0 Å². The number of amides is 1. The summed E-state index contributed by atoms with van der Waals surface area (Å²) >= 11 is 0. The molecule has 3 rings (SSSR count). The Kier molecular flexibility index (Phi) is 3.82. The first-order chi connectivity index (χ1) is 11.7. The van der Waals surface area contributed by atoms with E-state index in [1.807, 2.05) is 0 Å². The molecule has 0 saturated heterocycles. The Hall–Kier alpha value is -3.16. The van der Waals surface area contributed by atoms with Crippen molar-refractivity contribution in [3.8, 4) is 0 Å². The maximum atomic E-state index is 12.1. The molecule has 130 valence electrons. The first-order valence-corrected chi connectivity index (χ1v) is 7.67. The molecule has 25 heavy (non-hydrogen) atoms. The minimum Gasteiger partial charge on any atom is -0.478 e. The fourth-order valence-electron chi connectivity index (χ4n) is 2.52. The number of carboxylic acid groups (broad SMARTS) is 1. The Morgan fingerprint density at radius 2 is 1.96 bits per heavy atom. The number of carbonyl (C=O) groups is 2. The van der Waals surface area contributed by atoms with Crippen molar-refractivity contribution in [2.75, 3.05) is 5.32 Å². The Morgan fingerprint density at radius 1 is 1.24 bits per heavy atom. The van der Waals surface area contributed by atoms with E-state index in [0.717, 1.165) is 0 Å². The Morgan fingerprint density at radius 3 is 2.60 bits per heavy atom. The van der Waals surface area contributed by atoms with E-state index >= 15 is 0 Å². The molecule has 1 aromatic carbocycles. The van der Waals surface area contributed by atoms with Crippen LogP contribution in [0.3, 0.4) is 0 Å². The van der Waals surface area contributed by atoms with Crippen LogP contribution in [0.15, 0.2) is 24.4 Å². The smallest absolute Gasteiger partial charge is 0.413 e. The maximum Gasteiger partial charge on any atom is 0.413 e. The lowest BCUT2D eigenvalue weighted by Gasteiger charge is -2.19. The predicted molar refractivity (Wildman–Crippen MR) is 92.0 cm³/mol. The molecule has 0 spiro atoms. The number of aromatic nitrogens is 3. The molecule has 0 aliphatic heterocycles. The molecule has 0 bridgehead atoms. The summed E-state index contributed by atoms with van der Waals surface area (Å²) in [5, 5.41) is 11.8. The summed E-state index contributed by atoms with van der Waals surface area (Å²) in [7, 11) is 0. The van der Waals surface area contributed by atoms with E-state index in [-0.39, 0.29) is 5.56 Å². The van der Waals surface area contributed by atoms with Crippen LogP contribution in [0.4, 0.5) is 10.6 Å². The highest BCUT2D eigenvalue weighted by Gasteiger charge is 2.19. The van der Waals surface area contributed by atoms with Crippen LogP contribution in [0.1, 0.15) is 37.0 Å². The molecule has 2 N–H and O–H groups in total. The topological polar surface area (TPSA) is 106 Å². The number of imidazole rings is 1. The van der Waals surface area contributed by atoms with Gasteiger partial charge >= 0.3 is 12.1 Å². The van der Waals surface area contributed by atoms with Crippen LogP contribution in [0.25, 0.3) is 16.6 Å². The number of aryl methyl sites for hydroxylation is 1. The number of fused-ring (bicyclic) bond motifs is 3. The number of ether oxygens (including phenoxy) is 1. The van der Waals surface area contributed by atoms with Crippen molar-refractivity contribution in [2.45, 2.75) is 33.3 Å². The van der Waals surface area contributed by atoms with Gasteiger partial charge in [-0.25, -0.2) is 19.6 Å². The lowest BCUT2D eigenvalue weighted by Crippen LogP contribution is -2.27. The van der Waals surface area contributed by atoms with Crippen molar-refractivity contribution >= 4 is 34.4 Å². The molecule has 0 unspecified atom stereocenters. The minimum atomic E-state index is -1.02. The molecule has 0 aliphatic carbocycles. The average molecular weight is 342 g/mol. The SMILES string of the molecule is Cc1ncc2c(NC(=O)OC(C)(C)C)nc3ccc(C(=O)O)cc3n12. The lowest BCUT2D eigenvalue weighted by atomic mass is 10.2. The average Bonchev–Trinajstić information content (AvgIpc) is 2.87. The normalized spacial score (nSPS) is 11.7. The Labute approximate surface area is 143 Å². The molecule has 1 amide bonds. The highest BCUT2D eigenvalue weighted by Crippen LogP contribution is 2.24. The summed E-state index contributed by atoms with van der Waals surface area (Å²) in [6.45, 7) is 7.10. The summed E-state index contributed by atoms with van der Waals surface area (Å²) in [4.78, 5) is 32.0. The standard InChI is InChI=1S/C17H18N4O4/c1-9-18-8-13-14(20-16(24)25-17(2,3)4)19-11-6-5-10(15(22)23)7-12(11)21(9)13/h5-8H,1-4H3,(H,22,23)(H,19,20,24). The number of carbonyl (C=O) groups excluding carboxylic acids is 1. The van der Waals surface area contributed by atoms with Gasteiger partial charge in [0.1, 0.15) is 16.9 Å². The van der Waals surface area contributed by atoms with Crippen molar-refractivity contribution in [1.29, 1.82) is 0 Å². The van der Waals surface area contributed by atoms with Crippen LogP contribution in [0.5, 0.6) is 0 Å². The molecular formula is C17H18N4O4. The number of hydrogen-bond acceptors (Lipinski definition) is 5. The fourth-order valence-corrected chi connectivity index (χ4v) is 2.52. The van der Waals surface area contributed by atoms with Gasteiger partial charge in [-0.05, 0) is 45.9 Å². The minimum absolute atomic E-state index is 0.150. The van der Waals surface area contributed by atoms with Gasteiger partial charge in [0.05, 0.1) is 22.8 Å². The number of nitrogens with zero attached hydrogens (tertiary/aromatic N) is 3. The van der Waals surface area contributed by atoms with Crippen LogP contribution in [-0.4, -0.2) is 37.1 Å². The fraction of sp³-hybridized carbons (Fsp3) is 0.294. The molecule has 0 atom stereocenters. The highest BCUT2D eigenvalue weighted by molar-refractivity contribution is 5.96. The molecule has 3 aromatic rings. The van der Waals surface area contributed by atoms with Gasteiger partial charge in [0.2, 0.25) is 0 Å². The monoisotopic (exact) mass is 342 g/mol. The number of aromatic carboxylic acids is 1. The number of benzene rings is 1. The lowest BCUT2D eigenvalue weighted by molar-refractivity contribution is 0.0633. The third kappa shape index (κ3) is 3.23. The summed E-state index contributed by atoms with van der Waals surface area (Å²) in [6.07, 6.45) is 0.948. The van der Waals surface area contributed by atoms with Crippen LogP contribution < -0.4 is 5.32 Å². The number of nitrogens with one attached hydrogen (secondary N) is 1.